The van der Waals surface area contributed by atoms with Crippen molar-refractivity contribution in [3.63, 3.8) is 0 Å². The maximum absolute atomic E-state index is 14.9. The van der Waals surface area contributed by atoms with Crippen molar-refractivity contribution in [2.45, 2.75) is 73.5 Å². The van der Waals surface area contributed by atoms with Crippen LogP contribution in [0.3, 0.4) is 0 Å². The summed E-state index contributed by atoms with van der Waals surface area (Å²) in [5.74, 6) is -0.455. The molecule has 25 heteroatoms. The number of piperidine rings is 2. The molecule has 3 saturated heterocycles. The van der Waals surface area contributed by atoms with Crippen molar-refractivity contribution in [3.8, 4) is 0 Å². The van der Waals surface area contributed by atoms with E-state index in [4.69, 9.17) is 5.73 Å². The number of aliphatic imine (C=N–C) groups is 1. The lowest BCUT2D eigenvalue weighted by molar-refractivity contribution is -0.189. The topological polar surface area (TPSA) is 184 Å². The number of alkyl halides is 9. The van der Waals surface area contributed by atoms with Gasteiger partial charge in [-0.25, -0.2) is 23.2 Å². The van der Waals surface area contributed by atoms with E-state index in [1.165, 1.54) is 28.0 Å². The van der Waals surface area contributed by atoms with Gasteiger partial charge in [0, 0.05) is 68.7 Å². The third-order valence-electron chi connectivity index (χ3n) is 11.5. The Hall–Kier alpha value is -5.82. The third-order valence-corrected chi connectivity index (χ3v) is 13.4. The van der Waals surface area contributed by atoms with E-state index in [0.29, 0.717) is 48.2 Å². The molecular formula is C40H42F9N11O4S. The number of hydrogen-bond donors (Lipinski definition) is 3. The summed E-state index contributed by atoms with van der Waals surface area (Å²) in [4.78, 5) is 37.2. The number of rotatable bonds is 11. The van der Waals surface area contributed by atoms with Gasteiger partial charge in [-0.1, -0.05) is 18.2 Å². The second-order valence-electron chi connectivity index (χ2n) is 15.8. The molecular weight excluding hydrogens is 902 g/mol. The number of fused-ring (bicyclic) bond motifs is 1. The Labute approximate surface area is 365 Å². The third kappa shape index (κ3) is 10.5. The number of likely N-dealkylation sites (tertiary alicyclic amines) is 1. The Balaban J connectivity index is 1.01. The summed E-state index contributed by atoms with van der Waals surface area (Å²) in [5, 5.41) is 10.3. The maximum Gasteiger partial charge on any atom is 0.419 e. The van der Waals surface area contributed by atoms with Crippen molar-refractivity contribution in [2.75, 3.05) is 49.5 Å². The Kier molecular flexibility index (Phi) is 13.2. The number of hydrogen-bond acceptors (Lipinski definition) is 11. The fraction of sp³-hybridized carbons (Fsp3) is 0.450. The molecule has 0 saturated carbocycles. The summed E-state index contributed by atoms with van der Waals surface area (Å²) in [6.45, 7) is -1.69. The molecule has 0 spiro atoms. The number of urea groups is 1. The van der Waals surface area contributed by atoms with E-state index in [9.17, 15) is 57.5 Å². The highest BCUT2D eigenvalue weighted by Crippen LogP contribution is 2.43. The number of nitrogens with one attached hydrogen (secondary N) is 2. The molecule has 3 amide bonds. The summed E-state index contributed by atoms with van der Waals surface area (Å²) >= 11 is 0. The fourth-order valence-electron chi connectivity index (χ4n) is 8.30. The number of nitrogens with zero attached hydrogens (tertiary/aromatic N) is 8. The van der Waals surface area contributed by atoms with Crippen LogP contribution in [0.5, 0.6) is 0 Å². The van der Waals surface area contributed by atoms with E-state index in [1.54, 1.807) is 17.8 Å². The molecule has 350 valence electrons. The largest absolute Gasteiger partial charge is 0.419 e. The Morgan fingerprint density at radius 2 is 1.68 bits per heavy atom. The van der Waals surface area contributed by atoms with Gasteiger partial charge in [-0.2, -0.15) is 48.9 Å². The van der Waals surface area contributed by atoms with Crippen molar-refractivity contribution in [1.29, 1.82) is 0 Å². The minimum absolute atomic E-state index is 0.0442. The quantitative estimate of drug-likeness (QED) is 0.111. The Bertz CT molecular complexity index is 2600. The molecule has 0 radical (unpaired) electrons. The minimum Gasteiger partial charge on any atom is -0.404 e. The number of sulfonamides is 1. The summed E-state index contributed by atoms with van der Waals surface area (Å²) in [7, 11) is -2.62. The molecule has 0 bridgehead atoms. The molecule has 4 N–H and O–H groups in total. The van der Waals surface area contributed by atoms with Crippen LogP contribution in [0.4, 0.5) is 56.1 Å². The van der Waals surface area contributed by atoms with E-state index in [-0.39, 0.29) is 80.2 Å². The van der Waals surface area contributed by atoms with Crippen LogP contribution in [0.2, 0.25) is 0 Å². The summed E-state index contributed by atoms with van der Waals surface area (Å²) in [6.07, 6.45) is -11.9. The lowest BCUT2D eigenvalue weighted by atomic mass is 9.87. The van der Waals surface area contributed by atoms with E-state index in [2.05, 4.69) is 30.7 Å². The van der Waals surface area contributed by atoms with Gasteiger partial charge in [0.1, 0.15) is 18.2 Å². The zero-order valence-corrected chi connectivity index (χ0v) is 35.2. The minimum atomic E-state index is -5.01. The smallest absolute Gasteiger partial charge is 0.404 e. The average Bonchev–Trinajstić information content (AvgIpc) is 3.56. The van der Waals surface area contributed by atoms with Gasteiger partial charge in [-0.3, -0.25) is 29.6 Å². The van der Waals surface area contributed by atoms with Crippen LogP contribution in [0.1, 0.15) is 66.4 Å². The fourth-order valence-corrected chi connectivity index (χ4v) is 9.82. The van der Waals surface area contributed by atoms with Crippen molar-refractivity contribution in [2.24, 2.45) is 17.8 Å². The van der Waals surface area contributed by atoms with E-state index >= 15 is 0 Å². The monoisotopic (exact) mass is 943 g/mol. The molecule has 1 unspecified atom stereocenters. The lowest BCUT2D eigenvalue weighted by Gasteiger charge is -2.39. The van der Waals surface area contributed by atoms with Crippen LogP contribution in [-0.4, -0.2) is 113 Å². The highest BCUT2D eigenvalue weighted by Gasteiger charge is 2.46. The predicted octanol–water partition coefficient (Wildman–Crippen LogP) is 6.51. The van der Waals surface area contributed by atoms with Crippen LogP contribution in [0, 0.1) is 0 Å². The molecule has 15 nitrogen and oxygen atoms in total. The number of carbonyl (C=O) groups excluding carboxylic acids is 2. The molecule has 0 aliphatic carbocycles. The number of allylic oxidation sites excluding steroid dienone is 1. The molecule has 5 heterocycles. The Morgan fingerprint density at radius 1 is 0.969 bits per heavy atom. The molecule has 1 atom stereocenters. The first-order chi connectivity index (χ1) is 30.5. The molecule has 3 aliphatic heterocycles. The van der Waals surface area contributed by atoms with Gasteiger partial charge in [0.15, 0.2) is 5.82 Å². The van der Waals surface area contributed by atoms with E-state index in [0.717, 1.165) is 15.9 Å². The number of benzene rings is 2. The number of aryl methyl sites for hydroxylation is 1. The molecule has 3 aliphatic rings. The molecule has 7 rings (SSSR count). The van der Waals surface area contributed by atoms with Crippen molar-refractivity contribution in [1.82, 2.24) is 34.3 Å². The average molecular weight is 944 g/mol. The van der Waals surface area contributed by atoms with Crippen LogP contribution >= 0.6 is 0 Å². The first kappa shape index (κ1) is 47.2. The number of imide groups is 1. The standard InChI is InChI=1S/C40H42F9N11O4S/c1-57-31-18-24(5-6-29(31)35(56-57)60-16-11-32(61)54-37(60)62)23-7-12-58(13-8-23)34(40(47,48)49)25-3-2-4-28(17-25)65(63,64)59-14-9-27(10-15-59)53-36-52-21-30(39(44,45)46)33(55-36)26(19-50)20-51-22-38(41,42)43/h2-6,17-21,23,27,34H,7-16,22,50H2,1H3,(H,52,53,55)(H,54,61,62)/b26-19+,51-20?. The first-order valence-electron chi connectivity index (χ1n) is 20.2. The van der Waals surface area contributed by atoms with E-state index in [1.807, 2.05) is 12.1 Å². The van der Waals surface area contributed by atoms with Crippen molar-refractivity contribution >= 4 is 56.4 Å². The van der Waals surface area contributed by atoms with Crippen LogP contribution < -0.4 is 21.3 Å². The van der Waals surface area contributed by atoms with Gasteiger partial charge in [-0.15, -0.1) is 0 Å². The Morgan fingerprint density at radius 3 is 2.31 bits per heavy atom. The molecule has 2 aromatic heterocycles. The zero-order valence-electron chi connectivity index (χ0n) is 34.4. The second kappa shape index (κ2) is 18.2. The molecule has 4 aromatic rings. The highest BCUT2D eigenvalue weighted by atomic mass is 32.2. The molecule has 3 fully saturated rings. The van der Waals surface area contributed by atoms with Gasteiger partial charge < -0.3 is 11.1 Å². The SMILES string of the molecule is Cn1nc(N2CCC(=O)NC2=O)c2ccc(C3CCN(C(c4cccc(S(=O)(=O)N5CCC(Nc6ncc(C(F)(F)F)c(/C(C=NCC(F)(F)F)=C/N)n6)CC5)c4)C(F)(F)F)CC3)cc21. The zero-order chi connectivity index (χ0) is 47.1. The van der Waals surface area contributed by atoms with Gasteiger partial charge in [0.2, 0.25) is 21.9 Å². The predicted molar refractivity (Wildman–Crippen MR) is 219 cm³/mol. The van der Waals surface area contributed by atoms with Gasteiger partial charge >= 0.3 is 24.6 Å². The summed E-state index contributed by atoms with van der Waals surface area (Å²) in [5.41, 5.74) is 3.97. The first-order valence-corrected chi connectivity index (χ1v) is 21.7. The normalized spacial score (nSPS) is 19.0. The van der Waals surface area contributed by atoms with Crippen LogP contribution in [0.25, 0.3) is 16.5 Å². The maximum atomic E-state index is 14.9. The molecule has 2 aromatic carbocycles. The van der Waals surface area contributed by atoms with E-state index < -0.39 is 70.0 Å². The highest BCUT2D eigenvalue weighted by molar-refractivity contribution is 7.89. The van der Waals surface area contributed by atoms with Gasteiger partial charge in [0.05, 0.1) is 16.1 Å². The number of halogens is 9. The van der Waals surface area contributed by atoms with Crippen LogP contribution in [-0.2, 0) is 28.0 Å². The lowest BCUT2D eigenvalue weighted by Crippen LogP contribution is -2.49. The summed E-state index contributed by atoms with van der Waals surface area (Å²) in [6, 6.07) is 6.99. The van der Waals surface area contributed by atoms with Gasteiger partial charge in [0.25, 0.3) is 0 Å². The summed E-state index contributed by atoms with van der Waals surface area (Å²) < 4.78 is 154. The second-order valence-corrected chi connectivity index (χ2v) is 17.7. The number of amides is 3. The number of carbonyl (C=O) groups is 2. The number of anilines is 2. The van der Waals surface area contributed by atoms with Crippen LogP contribution in [0.15, 0.2) is 64.7 Å². The van der Waals surface area contributed by atoms with Crippen molar-refractivity contribution in [3.05, 3.63) is 77.2 Å². The van der Waals surface area contributed by atoms with Crippen molar-refractivity contribution < 1.29 is 57.5 Å². The molecule has 65 heavy (non-hydrogen) atoms. The number of aromatic nitrogens is 4. The van der Waals surface area contributed by atoms with Gasteiger partial charge in [-0.05, 0) is 80.1 Å². The number of nitrogens with two attached hydrogens (primary N) is 1.